The largest absolute Gasteiger partial charge is 0.444 e. The van der Waals surface area contributed by atoms with E-state index in [0.29, 0.717) is 32.0 Å². The number of nitrogens with zero attached hydrogens (tertiary/aromatic N) is 2. The van der Waals surface area contributed by atoms with Crippen molar-refractivity contribution in [1.29, 1.82) is 0 Å². The minimum Gasteiger partial charge on any atom is -0.444 e. The van der Waals surface area contributed by atoms with Gasteiger partial charge < -0.3 is 20.3 Å². The van der Waals surface area contributed by atoms with Crippen molar-refractivity contribution in [3.8, 4) is 0 Å². The Morgan fingerprint density at radius 1 is 1.32 bits per heavy atom. The van der Waals surface area contributed by atoms with Gasteiger partial charge in [-0.15, -0.1) is 0 Å². The molecule has 0 saturated carbocycles. The topological polar surface area (TPSA) is 100 Å². The molecule has 0 aromatic carbocycles. The second-order valence-electron chi connectivity index (χ2n) is 7.21. The number of carbonyl (C=O) groups is 1. The number of nitrogens with one attached hydrogen (secondary N) is 2. The van der Waals surface area contributed by atoms with Gasteiger partial charge in [0.1, 0.15) is 5.60 Å². The summed E-state index contributed by atoms with van der Waals surface area (Å²) in [5.41, 5.74) is -0.526. The zero-order chi connectivity index (χ0) is 19.1. The number of ether oxygens (including phenoxy) is 1. The molecule has 1 amide bonds. The Kier molecular flexibility index (Phi) is 7.98. The Morgan fingerprint density at radius 2 is 2.00 bits per heavy atom. The number of hydrogen-bond donors (Lipinski definition) is 2. The van der Waals surface area contributed by atoms with Crippen molar-refractivity contribution in [1.82, 2.24) is 15.5 Å². The number of rotatable bonds is 6. The summed E-state index contributed by atoms with van der Waals surface area (Å²) in [7, 11) is -1.30. The fourth-order valence-electron chi connectivity index (χ4n) is 2.50. The van der Waals surface area contributed by atoms with Gasteiger partial charge in [-0.1, -0.05) is 6.92 Å². The summed E-state index contributed by atoms with van der Waals surface area (Å²) in [6.07, 6.45) is 1.09. The maximum absolute atomic E-state index is 12.2. The average molecular weight is 377 g/mol. The first-order valence-electron chi connectivity index (χ1n) is 8.72. The molecule has 1 aliphatic rings. The molecular weight excluding hydrogens is 344 g/mol. The molecule has 9 heteroatoms. The first kappa shape index (κ1) is 21.5. The van der Waals surface area contributed by atoms with Crippen LogP contribution in [0.15, 0.2) is 4.99 Å². The van der Waals surface area contributed by atoms with Crippen LogP contribution in [-0.4, -0.2) is 75.2 Å². The van der Waals surface area contributed by atoms with Crippen molar-refractivity contribution >= 4 is 21.9 Å². The molecule has 0 spiro atoms. The molecule has 2 N–H and O–H groups in total. The standard InChI is InChI=1S/C16H32N4O4S/c1-6-9-20(15(21)24-16(2,3)4)10-8-18-14(17-5)19-13-7-11-25(22,23)12-13/h13H,6-12H2,1-5H3,(H2,17,18,19). The average Bonchev–Trinajstić information content (AvgIpc) is 2.82. The molecule has 0 aliphatic carbocycles. The number of hydrogen-bond acceptors (Lipinski definition) is 5. The Morgan fingerprint density at radius 3 is 2.48 bits per heavy atom. The van der Waals surface area contributed by atoms with Crippen LogP contribution in [0.1, 0.15) is 40.5 Å². The predicted molar refractivity (Wildman–Crippen MR) is 99.7 cm³/mol. The van der Waals surface area contributed by atoms with E-state index >= 15 is 0 Å². The van der Waals surface area contributed by atoms with Gasteiger partial charge in [-0.3, -0.25) is 4.99 Å². The van der Waals surface area contributed by atoms with Crippen LogP contribution in [0.4, 0.5) is 4.79 Å². The molecule has 1 heterocycles. The van der Waals surface area contributed by atoms with Crippen LogP contribution >= 0.6 is 0 Å². The van der Waals surface area contributed by atoms with E-state index in [9.17, 15) is 13.2 Å². The fourth-order valence-corrected chi connectivity index (χ4v) is 4.17. The molecule has 1 rings (SSSR count). The quantitative estimate of drug-likeness (QED) is 0.530. The number of guanidine groups is 1. The smallest absolute Gasteiger partial charge is 0.410 e. The maximum Gasteiger partial charge on any atom is 0.410 e. The SMILES string of the molecule is CCCN(CCNC(=NC)NC1CCS(=O)(=O)C1)C(=O)OC(C)(C)C. The van der Waals surface area contributed by atoms with Gasteiger partial charge in [0.2, 0.25) is 0 Å². The van der Waals surface area contributed by atoms with E-state index in [2.05, 4.69) is 15.6 Å². The molecule has 1 unspecified atom stereocenters. The molecule has 8 nitrogen and oxygen atoms in total. The van der Waals surface area contributed by atoms with E-state index in [1.54, 1.807) is 11.9 Å². The van der Waals surface area contributed by atoms with Gasteiger partial charge in [-0.25, -0.2) is 13.2 Å². The van der Waals surface area contributed by atoms with Crippen molar-refractivity contribution in [3.63, 3.8) is 0 Å². The predicted octanol–water partition coefficient (Wildman–Crippen LogP) is 0.986. The lowest BCUT2D eigenvalue weighted by molar-refractivity contribution is 0.0253. The Labute approximate surface area is 151 Å². The van der Waals surface area contributed by atoms with Crippen molar-refractivity contribution in [3.05, 3.63) is 0 Å². The zero-order valence-corrected chi connectivity index (χ0v) is 16.8. The highest BCUT2D eigenvalue weighted by Gasteiger charge is 2.28. The van der Waals surface area contributed by atoms with Gasteiger partial charge in [0, 0.05) is 32.7 Å². The lowest BCUT2D eigenvalue weighted by atomic mass is 10.2. The summed E-state index contributed by atoms with van der Waals surface area (Å²) in [6, 6.07) is -0.117. The number of sulfone groups is 1. The number of amides is 1. The second-order valence-corrected chi connectivity index (χ2v) is 9.44. The van der Waals surface area contributed by atoms with Crippen molar-refractivity contribution < 1.29 is 17.9 Å². The minimum absolute atomic E-state index is 0.117. The molecule has 1 aliphatic heterocycles. The first-order chi connectivity index (χ1) is 11.6. The van der Waals surface area contributed by atoms with E-state index in [-0.39, 0.29) is 23.6 Å². The minimum atomic E-state index is -2.93. The summed E-state index contributed by atoms with van der Waals surface area (Å²) in [5, 5.41) is 6.24. The third-order valence-electron chi connectivity index (χ3n) is 3.62. The summed E-state index contributed by atoms with van der Waals surface area (Å²) in [4.78, 5) is 18.0. The number of carbonyl (C=O) groups excluding carboxylic acids is 1. The van der Waals surface area contributed by atoms with Crippen LogP contribution in [0.25, 0.3) is 0 Å². The molecule has 1 atom stereocenters. The molecular formula is C16H32N4O4S. The summed E-state index contributed by atoms with van der Waals surface area (Å²) >= 11 is 0. The second kappa shape index (κ2) is 9.26. The van der Waals surface area contributed by atoms with E-state index in [1.165, 1.54) is 0 Å². The fraction of sp³-hybridized carbons (Fsp3) is 0.875. The molecule has 1 fully saturated rings. The van der Waals surface area contributed by atoms with Crippen LogP contribution in [0.3, 0.4) is 0 Å². The van der Waals surface area contributed by atoms with Gasteiger partial charge in [0.05, 0.1) is 11.5 Å². The van der Waals surface area contributed by atoms with Crippen LogP contribution in [-0.2, 0) is 14.6 Å². The lowest BCUT2D eigenvalue weighted by Gasteiger charge is -2.27. The lowest BCUT2D eigenvalue weighted by Crippen LogP contribution is -2.47. The molecule has 25 heavy (non-hydrogen) atoms. The van der Waals surface area contributed by atoms with Crippen LogP contribution < -0.4 is 10.6 Å². The molecule has 0 radical (unpaired) electrons. The van der Waals surface area contributed by atoms with E-state index < -0.39 is 15.4 Å². The summed E-state index contributed by atoms with van der Waals surface area (Å²) in [5.74, 6) is 0.890. The van der Waals surface area contributed by atoms with E-state index in [4.69, 9.17) is 4.74 Å². The zero-order valence-electron chi connectivity index (χ0n) is 16.0. The normalized spacial score (nSPS) is 20.2. The Balaban J connectivity index is 2.46. The van der Waals surface area contributed by atoms with Gasteiger partial charge >= 0.3 is 6.09 Å². The van der Waals surface area contributed by atoms with Crippen molar-refractivity contribution in [2.24, 2.45) is 4.99 Å². The third-order valence-corrected chi connectivity index (χ3v) is 5.38. The molecule has 1 saturated heterocycles. The molecule has 0 aromatic rings. The molecule has 0 bridgehead atoms. The summed E-state index contributed by atoms with van der Waals surface area (Å²) in [6.45, 7) is 9.12. The van der Waals surface area contributed by atoms with Crippen LogP contribution in [0, 0.1) is 0 Å². The molecule has 146 valence electrons. The monoisotopic (exact) mass is 376 g/mol. The summed E-state index contributed by atoms with van der Waals surface area (Å²) < 4.78 is 28.4. The first-order valence-corrected chi connectivity index (χ1v) is 10.5. The highest BCUT2D eigenvalue weighted by atomic mass is 32.2. The van der Waals surface area contributed by atoms with Gasteiger partial charge in [-0.05, 0) is 33.6 Å². The third kappa shape index (κ3) is 8.42. The van der Waals surface area contributed by atoms with Gasteiger partial charge in [0.15, 0.2) is 15.8 Å². The highest BCUT2D eigenvalue weighted by Crippen LogP contribution is 2.11. The highest BCUT2D eigenvalue weighted by molar-refractivity contribution is 7.91. The molecule has 0 aromatic heterocycles. The van der Waals surface area contributed by atoms with Crippen molar-refractivity contribution in [2.45, 2.75) is 52.2 Å². The Bertz CT molecular complexity index is 569. The van der Waals surface area contributed by atoms with Gasteiger partial charge in [-0.2, -0.15) is 0 Å². The number of aliphatic imine (C=N–C) groups is 1. The maximum atomic E-state index is 12.2. The van der Waals surface area contributed by atoms with Crippen LogP contribution in [0.5, 0.6) is 0 Å². The van der Waals surface area contributed by atoms with Gasteiger partial charge in [0.25, 0.3) is 0 Å². The van der Waals surface area contributed by atoms with Crippen LogP contribution in [0.2, 0.25) is 0 Å². The van der Waals surface area contributed by atoms with E-state index in [0.717, 1.165) is 6.42 Å². The van der Waals surface area contributed by atoms with Crippen molar-refractivity contribution in [2.75, 3.05) is 38.2 Å². The Hall–Kier alpha value is -1.51. The van der Waals surface area contributed by atoms with E-state index in [1.807, 2.05) is 27.7 Å².